The predicted octanol–water partition coefficient (Wildman–Crippen LogP) is 0.591. The topological polar surface area (TPSA) is 139 Å². The summed E-state index contributed by atoms with van der Waals surface area (Å²) in [5.74, 6) is -3.65. The van der Waals surface area contributed by atoms with Crippen LogP contribution in [0.4, 0.5) is 0 Å². The number of amides is 2. The lowest BCUT2D eigenvalue weighted by atomic mass is 10.0. The molecule has 11 heteroatoms. The molecule has 2 N–H and O–H groups in total. The van der Waals surface area contributed by atoms with E-state index in [1.807, 2.05) is 0 Å². The van der Waals surface area contributed by atoms with Crippen molar-refractivity contribution in [2.75, 3.05) is 5.75 Å². The average molecular weight is 448 g/mol. The number of hydrogen-bond donors (Lipinski definition) is 2. The van der Waals surface area contributed by atoms with Crippen molar-refractivity contribution in [1.29, 1.82) is 0 Å². The Morgan fingerprint density at radius 3 is 2.52 bits per heavy atom. The van der Waals surface area contributed by atoms with Crippen molar-refractivity contribution < 1.29 is 38.6 Å². The fourth-order valence-electron chi connectivity index (χ4n) is 3.26. The normalized spacial score (nSPS) is 21.0. The Morgan fingerprint density at radius 2 is 1.94 bits per heavy atom. The number of hydrogen-bond acceptors (Lipinski definition) is 8. The van der Waals surface area contributed by atoms with Gasteiger partial charge in [0.1, 0.15) is 17.1 Å². The third-order valence-electron chi connectivity index (χ3n) is 4.59. The molecule has 1 fully saturated rings. The summed E-state index contributed by atoms with van der Waals surface area (Å²) in [5, 5.41) is 11.4. The van der Waals surface area contributed by atoms with E-state index in [9.17, 15) is 29.1 Å². The number of rotatable bonds is 8. The lowest BCUT2D eigenvalue weighted by Crippen LogP contribution is -2.71. The zero-order valence-electron chi connectivity index (χ0n) is 16.6. The Balaban J connectivity index is 1.79. The maximum atomic E-state index is 12.7. The number of nitrogens with zero attached hydrogens (tertiary/aromatic N) is 1. The Bertz CT molecular complexity index is 946. The lowest BCUT2D eigenvalue weighted by molar-refractivity contribution is -0.154. The summed E-state index contributed by atoms with van der Waals surface area (Å²) in [6.45, 7) is 3.39. The molecule has 1 aromatic carbocycles. The molecule has 2 amide bonds. The van der Waals surface area contributed by atoms with E-state index in [1.165, 1.54) is 0 Å². The van der Waals surface area contributed by atoms with Crippen LogP contribution >= 0.6 is 11.8 Å². The number of aliphatic carboxylic acids is 1. The summed E-state index contributed by atoms with van der Waals surface area (Å²) in [5.41, 5.74) is -0.155. The van der Waals surface area contributed by atoms with Crippen LogP contribution in [0.3, 0.4) is 0 Å². The molecule has 31 heavy (non-hydrogen) atoms. The molecular weight excluding hydrogens is 428 g/mol. The molecule has 164 valence electrons. The number of esters is 1. The minimum atomic E-state index is -1.44. The summed E-state index contributed by atoms with van der Waals surface area (Å²) in [6, 6.07) is 7.21. The summed E-state index contributed by atoms with van der Waals surface area (Å²) < 4.78 is 9.97. The van der Waals surface area contributed by atoms with E-state index in [0.717, 1.165) is 16.7 Å². The van der Waals surface area contributed by atoms with Crippen LogP contribution in [0.25, 0.3) is 0 Å². The average Bonchev–Trinajstić information content (AvgIpc) is 2.74. The molecule has 0 spiro atoms. The van der Waals surface area contributed by atoms with Crippen LogP contribution in [0.5, 0.6) is 0 Å². The van der Waals surface area contributed by atoms with Crippen molar-refractivity contribution in [3.8, 4) is 0 Å². The number of thioether (sulfide) groups is 1. The Hall–Kier alpha value is -3.34. The summed E-state index contributed by atoms with van der Waals surface area (Å²) in [6.07, 6.45) is -1.72. The first-order chi connectivity index (χ1) is 14.8. The molecule has 2 heterocycles. The third-order valence-corrected chi connectivity index (χ3v) is 5.87. The third kappa shape index (κ3) is 4.41. The van der Waals surface area contributed by atoms with Crippen LogP contribution in [0.1, 0.15) is 25.5 Å². The second kappa shape index (κ2) is 9.21. The predicted molar refractivity (Wildman–Crippen MR) is 107 cm³/mol. The van der Waals surface area contributed by atoms with Gasteiger partial charge in [0, 0.05) is 11.3 Å². The number of benzene rings is 1. The first kappa shape index (κ1) is 22.3. The minimum Gasteiger partial charge on any atom is -0.477 e. The number of fused-ring (bicyclic) bond motifs is 1. The van der Waals surface area contributed by atoms with E-state index >= 15 is 0 Å². The molecule has 2 unspecified atom stereocenters. The summed E-state index contributed by atoms with van der Waals surface area (Å²) in [4.78, 5) is 61.3. The molecule has 3 atom stereocenters. The van der Waals surface area contributed by atoms with Crippen molar-refractivity contribution in [1.82, 2.24) is 10.2 Å². The van der Waals surface area contributed by atoms with Crippen LogP contribution in [0.15, 0.2) is 41.6 Å². The van der Waals surface area contributed by atoms with Gasteiger partial charge in [-0.3, -0.25) is 19.3 Å². The van der Waals surface area contributed by atoms with Crippen LogP contribution in [0.2, 0.25) is 0 Å². The van der Waals surface area contributed by atoms with E-state index in [2.05, 4.69) is 5.32 Å². The molecule has 1 saturated heterocycles. The maximum absolute atomic E-state index is 12.7. The number of nitrogens with one attached hydrogen (secondary N) is 1. The SMILES string of the molecule is CC(C)OC(=O)C1=C(C(=O)O)N2C(=O)C(NC(=O)C(OC=O)c3ccccc3)[C@@H]2SC1. The highest BCUT2D eigenvalue weighted by atomic mass is 32.2. The van der Waals surface area contributed by atoms with Gasteiger partial charge >= 0.3 is 11.9 Å². The van der Waals surface area contributed by atoms with Gasteiger partial charge in [0.25, 0.3) is 18.3 Å². The van der Waals surface area contributed by atoms with Gasteiger partial charge in [-0.15, -0.1) is 11.8 Å². The van der Waals surface area contributed by atoms with Crippen molar-refractivity contribution in [2.45, 2.75) is 37.5 Å². The van der Waals surface area contributed by atoms with Gasteiger partial charge in [-0.25, -0.2) is 9.59 Å². The van der Waals surface area contributed by atoms with E-state index in [4.69, 9.17) is 9.47 Å². The monoisotopic (exact) mass is 448 g/mol. The number of carboxylic acid groups (broad SMARTS) is 1. The molecular formula is C20H20N2O8S. The summed E-state index contributed by atoms with van der Waals surface area (Å²) in [7, 11) is 0. The second-order valence-electron chi connectivity index (χ2n) is 7.01. The zero-order valence-corrected chi connectivity index (χ0v) is 17.5. The van der Waals surface area contributed by atoms with Crippen molar-refractivity contribution in [3.63, 3.8) is 0 Å². The Morgan fingerprint density at radius 1 is 1.26 bits per heavy atom. The first-order valence-corrected chi connectivity index (χ1v) is 10.4. The minimum absolute atomic E-state index is 0.000948. The molecule has 1 aromatic rings. The Labute approximate surface area is 181 Å². The van der Waals surface area contributed by atoms with Crippen LogP contribution in [-0.2, 0) is 33.4 Å². The van der Waals surface area contributed by atoms with E-state index in [-0.39, 0.29) is 17.8 Å². The van der Waals surface area contributed by atoms with Crippen LogP contribution < -0.4 is 5.32 Å². The van der Waals surface area contributed by atoms with Gasteiger partial charge in [-0.1, -0.05) is 30.3 Å². The van der Waals surface area contributed by atoms with E-state index < -0.39 is 53.1 Å². The van der Waals surface area contributed by atoms with Gasteiger partial charge in [0.05, 0.1) is 11.7 Å². The molecule has 0 aromatic heterocycles. The number of carbonyl (C=O) groups excluding carboxylic acids is 4. The van der Waals surface area contributed by atoms with E-state index in [1.54, 1.807) is 44.2 Å². The molecule has 0 radical (unpaired) electrons. The molecule has 2 aliphatic rings. The smallest absolute Gasteiger partial charge is 0.353 e. The molecule has 2 aliphatic heterocycles. The highest BCUT2D eigenvalue weighted by Gasteiger charge is 2.55. The first-order valence-electron chi connectivity index (χ1n) is 9.32. The van der Waals surface area contributed by atoms with Crippen LogP contribution in [-0.4, -0.2) is 63.5 Å². The largest absolute Gasteiger partial charge is 0.477 e. The van der Waals surface area contributed by atoms with Gasteiger partial charge in [0.15, 0.2) is 0 Å². The van der Waals surface area contributed by atoms with Gasteiger partial charge in [0.2, 0.25) is 6.10 Å². The Kier molecular flexibility index (Phi) is 6.64. The number of carbonyl (C=O) groups is 5. The van der Waals surface area contributed by atoms with E-state index in [0.29, 0.717) is 5.56 Å². The fourth-order valence-corrected chi connectivity index (χ4v) is 4.59. The van der Waals surface area contributed by atoms with Crippen molar-refractivity contribution in [3.05, 3.63) is 47.2 Å². The molecule has 0 saturated carbocycles. The fraction of sp³-hybridized carbons (Fsp3) is 0.350. The lowest BCUT2D eigenvalue weighted by Gasteiger charge is -2.49. The van der Waals surface area contributed by atoms with Crippen LogP contribution in [0, 0.1) is 0 Å². The second-order valence-corrected chi connectivity index (χ2v) is 8.11. The van der Waals surface area contributed by atoms with Gasteiger partial charge < -0.3 is 19.9 Å². The highest BCUT2D eigenvalue weighted by Crippen LogP contribution is 2.41. The maximum Gasteiger partial charge on any atom is 0.353 e. The summed E-state index contributed by atoms with van der Waals surface area (Å²) >= 11 is 1.13. The van der Waals surface area contributed by atoms with Crippen molar-refractivity contribution in [2.24, 2.45) is 0 Å². The van der Waals surface area contributed by atoms with Gasteiger partial charge in [-0.05, 0) is 13.8 Å². The van der Waals surface area contributed by atoms with Gasteiger partial charge in [-0.2, -0.15) is 0 Å². The molecule has 3 rings (SSSR count). The highest BCUT2D eigenvalue weighted by molar-refractivity contribution is 8.00. The number of ether oxygens (including phenoxy) is 2. The number of carboxylic acids is 1. The molecule has 0 bridgehead atoms. The van der Waals surface area contributed by atoms with Crippen molar-refractivity contribution >= 4 is 42.0 Å². The molecule has 0 aliphatic carbocycles. The number of β-lactam (4-membered cyclic amide) rings is 1. The standard InChI is InChI=1S/C20H20N2O8S/c1-10(2)30-20(28)12-8-31-18-13(17(25)22(18)14(12)19(26)27)21-16(24)15(29-9-23)11-6-4-3-5-7-11/h3-7,9-10,13,15,18H,8H2,1-2H3,(H,21,24)(H,26,27)/t13?,15?,18-/m0/s1. The zero-order chi connectivity index (χ0) is 22.7. The quantitative estimate of drug-likeness (QED) is 0.332. The molecule has 10 nitrogen and oxygen atoms in total.